The zero-order valence-electron chi connectivity index (χ0n) is 13.2. The maximum Gasteiger partial charge on any atom is 0.185 e. The van der Waals surface area contributed by atoms with Crippen molar-refractivity contribution in [3.8, 4) is 0 Å². The van der Waals surface area contributed by atoms with E-state index in [0.29, 0.717) is 0 Å². The van der Waals surface area contributed by atoms with Crippen molar-refractivity contribution in [3.05, 3.63) is 10.6 Å². The van der Waals surface area contributed by atoms with Crippen LogP contribution in [0.3, 0.4) is 0 Å². The van der Waals surface area contributed by atoms with E-state index < -0.39 is 0 Å². The number of hydrogen-bond acceptors (Lipinski definition) is 4. The highest BCUT2D eigenvalue weighted by atomic mass is 32.1. The Morgan fingerprint density at radius 1 is 1.30 bits per heavy atom. The lowest BCUT2D eigenvalue weighted by Gasteiger charge is -2.14. The van der Waals surface area contributed by atoms with Crippen LogP contribution in [0, 0.1) is 5.92 Å². The Morgan fingerprint density at radius 2 is 2.15 bits per heavy atom. The standard InChI is InChI=1S/C16H29N3S/c1-4-7-13-8-10-19(12-13)16-18-14(6-3)15(20-16)11-17-9-5-2/h13,17H,4-12H2,1-3H3. The van der Waals surface area contributed by atoms with E-state index in [1.165, 1.54) is 54.5 Å². The highest BCUT2D eigenvalue weighted by Crippen LogP contribution is 2.32. The second-order valence-corrected chi connectivity index (χ2v) is 6.85. The van der Waals surface area contributed by atoms with Crippen LogP contribution in [0.1, 0.15) is 57.0 Å². The summed E-state index contributed by atoms with van der Waals surface area (Å²) in [6.07, 6.45) is 6.26. The lowest BCUT2D eigenvalue weighted by molar-refractivity contribution is 0.530. The Bertz CT molecular complexity index is 402. The molecule has 4 heteroatoms. The monoisotopic (exact) mass is 295 g/mol. The summed E-state index contributed by atoms with van der Waals surface area (Å²) in [6.45, 7) is 11.2. The Labute approximate surface area is 127 Å². The average Bonchev–Trinajstić information content (AvgIpc) is 3.06. The number of hydrogen-bond donors (Lipinski definition) is 1. The lowest BCUT2D eigenvalue weighted by Crippen LogP contribution is -2.19. The molecule has 0 spiro atoms. The van der Waals surface area contributed by atoms with Gasteiger partial charge in [0.05, 0.1) is 5.69 Å². The fraction of sp³-hybridized carbons (Fsp3) is 0.812. The van der Waals surface area contributed by atoms with Gasteiger partial charge in [-0.05, 0) is 38.1 Å². The highest BCUT2D eigenvalue weighted by molar-refractivity contribution is 7.15. The van der Waals surface area contributed by atoms with Crippen LogP contribution >= 0.6 is 11.3 Å². The smallest absolute Gasteiger partial charge is 0.185 e. The van der Waals surface area contributed by atoms with E-state index in [1.807, 2.05) is 11.3 Å². The van der Waals surface area contributed by atoms with Gasteiger partial charge in [0.25, 0.3) is 0 Å². The molecule has 0 aromatic carbocycles. The van der Waals surface area contributed by atoms with E-state index in [0.717, 1.165) is 25.4 Å². The molecule has 114 valence electrons. The summed E-state index contributed by atoms with van der Waals surface area (Å²) in [6, 6.07) is 0. The number of nitrogens with one attached hydrogen (secondary N) is 1. The van der Waals surface area contributed by atoms with Crippen LogP contribution in [0.15, 0.2) is 0 Å². The van der Waals surface area contributed by atoms with E-state index >= 15 is 0 Å². The van der Waals surface area contributed by atoms with Gasteiger partial charge in [-0.25, -0.2) is 4.98 Å². The first-order chi connectivity index (χ1) is 9.78. The summed E-state index contributed by atoms with van der Waals surface area (Å²) in [4.78, 5) is 8.84. The summed E-state index contributed by atoms with van der Waals surface area (Å²) in [5.74, 6) is 0.885. The van der Waals surface area contributed by atoms with Crippen LogP contribution in [0.2, 0.25) is 0 Å². The van der Waals surface area contributed by atoms with E-state index in [4.69, 9.17) is 4.98 Å². The third-order valence-electron chi connectivity index (χ3n) is 4.07. The minimum absolute atomic E-state index is 0.885. The van der Waals surface area contributed by atoms with Crippen molar-refractivity contribution in [1.29, 1.82) is 0 Å². The molecule has 0 amide bonds. The van der Waals surface area contributed by atoms with Crippen molar-refractivity contribution in [2.24, 2.45) is 5.92 Å². The number of aromatic nitrogens is 1. The van der Waals surface area contributed by atoms with Crippen LogP contribution in [-0.2, 0) is 13.0 Å². The minimum atomic E-state index is 0.885. The zero-order valence-corrected chi connectivity index (χ0v) is 14.1. The molecule has 1 aliphatic heterocycles. The summed E-state index contributed by atoms with van der Waals surface area (Å²) in [7, 11) is 0. The van der Waals surface area contributed by atoms with Crippen molar-refractivity contribution < 1.29 is 0 Å². The second-order valence-electron chi connectivity index (χ2n) is 5.79. The van der Waals surface area contributed by atoms with Gasteiger partial charge >= 0.3 is 0 Å². The molecule has 3 nitrogen and oxygen atoms in total. The van der Waals surface area contributed by atoms with Crippen molar-refractivity contribution in [2.45, 2.75) is 59.4 Å². The molecule has 2 rings (SSSR count). The molecular formula is C16H29N3S. The summed E-state index contributed by atoms with van der Waals surface area (Å²) >= 11 is 1.90. The molecule has 1 aromatic heterocycles. The summed E-state index contributed by atoms with van der Waals surface area (Å²) < 4.78 is 0. The number of rotatable bonds is 8. The van der Waals surface area contributed by atoms with Gasteiger partial charge in [0.1, 0.15) is 0 Å². The van der Waals surface area contributed by atoms with Gasteiger partial charge in [-0.2, -0.15) is 0 Å². The predicted octanol–water partition coefficient (Wildman–Crippen LogP) is 3.83. The third kappa shape index (κ3) is 3.95. The maximum atomic E-state index is 4.89. The van der Waals surface area contributed by atoms with Crippen LogP contribution in [0.25, 0.3) is 0 Å². The van der Waals surface area contributed by atoms with Gasteiger partial charge in [-0.1, -0.05) is 27.2 Å². The van der Waals surface area contributed by atoms with Crippen LogP contribution in [-0.4, -0.2) is 24.6 Å². The molecule has 0 saturated carbocycles. The molecule has 1 unspecified atom stereocenters. The number of anilines is 1. The Hall–Kier alpha value is -0.610. The highest BCUT2D eigenvalue weighted by Gasteiger charge is 2.24. The van der Waals surface area contributed by atoms with Gasteiger partial charge in [-0.15, -0.1) is 11.3 Å². The molecular weight excluding hydrogens is 266 g/mol. The predicted molar refractivity (Wildman–Crippen MR) is 88.7 cm³/mol. The Balaban J connectivity index is 1.98. The van der Waals surface area contributed by atoms with Gasteiger partial charge in [0, 0.05) is 24.5 Å². The van der Waals surface area contributed by atoms with E-state index in [-0.39, 0.29) is 0 Å². The fourth-order valence-electron chi connectivity index (χ4n) is 2.95. The molecule has 1 aromatic rings. The molecule has 1 aliphatic rings. The first-order valence-corrected chi connectivity index (χ1v) is 9.04. The maximum absolute atomic E-state index is 4.89. The quantitative estimate of drug-likeness (QED) is 0.739. The van der Waals surface area contributed by atoms with E-state index in [9.17, 15) is 0 Å². The zero-order chi connectivity index (χ0) is 14.4. The molecule has 1 fully saturated rings. The van der Waals surface area contributed by atoms with Crippen LogP contribution in [0.5, 0.6) is 0 Å². The molecule has 0 bridgehead atoms. The average molecular weight is 295 g/mol. The summed E-state index contributed by atoms with van der Waals surface area (Å²) in [5.41, 5.74) is 1.30. The number of aryl methyl sites for hydroxylation is 1. The largest absolute Gasteiger partial charge is 0.348 e. The third-order valence-corrected chi connectivity index (χ3v) is 5.23. The topological polar surface area (TPSA) is 28.2 Å². The molecule has 0 aliphatic carbocycles. The molecule has 1 N–H and O–H groups in total. The SMILES string of the molecule is CCCNCc1sc(N2CCC(CCC)C2)nc1CC. The molecule has 20 heavy (non-hydrogen) atoms. The first kappa shape index (κ1) is 15.8. The molecule has 2 heterocycles. The first-order valence-electron chi connectivity index (χ1n) is 8.22. The fourth-order valence-corrected chi connectivity index (χ4v) is 4.10. The van der Waals surface area contributed by atoms with Gasteiger partial charge < -0.3 is 10.2 Å². The van der Waals surface area contributed by atoms with Crippen molar-refractivity contribution in [1.82, 2.24) is 10.3 Å². The summed E-state index contributed by atoms with van der Waals surface area (Å²) in [5, 5.41) is 4.77. The van der Waals surface area contributed by atoms with Crippen molar-refractivity contribution in [3.63, 3.8) is 0 Å². The molecule has 1 atom stereocenters. The lowest BCUT2D eigenvalue weighted by atomic mass is 10.0. The van der Waals surface area contributed by atoms with Crippen molar-refractivity contribution in [2.75, 3.05) is 24.5 Å². The molecule has 1 saturated heterocycles. The van der Waals surface area contributed by atoms with Crippen molar-refractivity contribution >= 4 is 16.5 Å². The minimum Gasteiger partial charge on any atom is -0.348 e. The molecule has 0 radical (unpaired) electrons. The van der Waals surface area contributed by atoms with Gasteiger partial charge in [-0.3, -0.25) is 0 Å². The Morgan fingerprint density at radius 3 is 2.85 bits per heavy atom. The number of thiazole rings is 1. The Kier molecular flexibility index (Phi) is 6.30. The van der Waals surface area contributed by atoms with E-state index in [1.54, 1.807) is 0 Å². The van der Waals surface area contributed by atoms with Gasteiger partial charge in [0.15, 0.2) is 5.13 Å². The normalized spacial score (nSPS) is 18.9. The van der Waals surface area contributed by atoms with Crippen LogP contribution in [0.4, 0.5) is 5.13 Å². The van der Waals surface area contributed by atoms with Crippen LogP contribution < -0.4 is 10.2 Å². The second kappa shape index (κ2) is 7.99. The van der Waals surface area contributed by atoms with E-state index in [2.05, 4.69) is 31.0 Å². The number of nitrogens with zero attached hydrogens (tertiary/aromatic N) is 2. The van der Waals surface area contributed by atoms with Gasteiger partial charge in [0.2, 0.25) is 0 Å².